The summed E-state index contributed by atoms with van der Waals surface area (Å²) in [5, 5.41) is 36.3. The van der Waals surface area contributed by atoms with Gasteiger partial charge in [-0.15, -0.1) is 0 Å². The predicted molar refractivity (Wildman–Crippen MR) is 181 cm³/mol. The van der Waals surface area contributed by atoms with Gasteiger partial charge in [0.05, 0.1) is 35.0 Å². The molecule has 0 radical (unpaired) electrons. The van der Waals surface area contributed by atoms with Crippen molar-refractivity contribution in [2.45, 2.75) is 128 Å². The number of hydrogen-bond acceptors (Lipinski definition) is 6. The van der Waals surface area contributed by atoms with Crippen LogP contribution in [-0.4, -0.2) is 28.8 Å². The van der Waals surface area contributed by atoms with Crippen LogP contribution in [0.3, 0.4) is 0 Å². The van der Waals surface area contributed by atoms with Gasteiger partial charge in [0, 0.05) is 6.42 Å². The van der Waals surface area contributed by atoms with Crippen LogP contribution in [0.5, 0.6) is 5.75 Å². The lowest BCUT2D eigenvalue weighted by molar-refractivity contribution is -0.152. The first-order valence-electron chi connectivity index (χ1n) is 17.5. The SMILES string of the molecule is N#Cc1ccc(N=Nc2ccc(OCCCCCCCCC3(C(=O)O)CCCC3CCCCCCCCCCC(=O)O)cc2)cc1. The molecule has 1 aliphatic carbocycles. The van der Waals surface area contributed by atoms with E-state index in [1.54, 1.807) is 24.3 Å². The fourth-order valence-corrected chi connectivity index (χ4v) is 6.78. The summed E-state index contributed by atoms with van der Waals surface area (Å²) < 4.78 is 5.89. The standard InChI is InChI=1S/C38H53N3O5/c39-30-31-19-21-33(22-20-31)40-41-34-23-25-35(26-24-34)46-29-14-10-6-5-9-13-27-38(37(44)45)28-15-17-32(38)16-11-7-3-1-2-4-8-12-18-36(42)43/h19-26,32H,1-18,27-29H2,(H,42,43)(H,44,45). The van der Waals surface area contributed by atoms with Crippen LogP contribution in [0, 0.1) is 22.7 Å². The maximum absolute atomic E-state index is 12.5. The zero-order valence-electron chi connectivity index (χ0n) is 27.5. The molecule has 1 fully saturated rings. The lowest BCUT2D eigenvalue weighted by atomic mass is 9.72. The third kappa shape index (κ3) is 13.3. The summed E-state index contributed by atoms with van der Waals surface area (Å²) in [5.41, 5.74) is 1.51. The van der Waals surface area contributed by atoms with Gasteiger partial charge in [0.2, 0.25) is 0 Å². The van der Waals surface area contributed by atoms with Gasteiger partial charge in [-0.05, 0) is 93.0 Å². The second-order valence-corrected chi connectivity index (χ2v) is 12.9. The van der Waals surface area contributed by atoms with Crippen molar-refractivity contribution >= 4 is 23.3 Å². The molecule has 0 aromatic heterocycles. The fourth-order valence-electron chi connectivity index (χ4n) is 6.78. The Labute approximate surface area is 275 Å². The van der Waals surface area contributed by atoms with E-state index >= 15 is 0 Å². The Kier molecular flexibility index (Phi) is 16.9. The van der Waals surface area contributed by atoms with Gasteiger partial charge >= 0.3 is 11.9 Å². The van der Waals surface area contributed by atoms with E-state index in [9.17, 15) is 14.7 Å². The quantitative estimate of drug-likeness (QED) is 0.0874. The van der Waals surface area contributed by atoms with Crippen LogP contribution < -0.4 is 4.74 Å². The first kappa shape index (κ1) is 36.7. The van der Waals surface area contributed by atoms with Crippen LogP contribution in [-0.2, 0) is 9.59 Å². The van der Waals surface area contributed by atoms with E-state index in [4.69, 9.17) is 15.1 Å². The normalized spacial score (nSPS) is 17.7. The predicted octanol–water partition coefficient (Wildman–Crippen LogP) is 10.9. The number of unbranched alkanes of at least 4 members (excludes halogenated alkanes) is 12. The van der Waals surface area contributed by atoms with Gasteiger partial charge in [-0.25, -0.2) is 0 Å². The van der Waals surface area contributed by atoms with Gasteiger partial charge in [-0.2, -0.15) is 15.5 Å². The van der Waals surface area contributed by atoms with Crippen molar-refractivity contribution < 1.29 is 24.5 Å². The number of carboxylic acids is 2. The summed E-state index contributed by atoms with van der Waals surface area (Å²) in [6.45, 7) is 0.669. The van der Waals surface area contributed by atoms with Crippen molar-refractivity contribution in [2.75, 3.05) is 6.61 Å². The number of azo groups is 1. The number of aliphatic carboxylic acids is 2. The molecule has 46 heavy (non-hydrogen) atoms. The third-order valence-electron chi connectivity index (χ3n) is 9.48. The molecule has 0 bridgehead atoms. The maximum Gasteiger partial charge on any atom is 0.309 e. The van der Waals surface area contributed by atoms with E-state index in [2.05, 4.69) is 16.3 Å². The molecule has 2 N–H and O–H groups in total. The highest BCUT2D eigenvalue weighted by Gasteiger charge is 2.47. The van der Waals surface area contributed by atoms with Crippen molar-refractivity contribution in [3.8, 4) is 11.8 Å². The summed E-state index contributed by atoms with van der Waals surface area (Å²) in [6.07, 6.45) is 20.2. The fraction of sp³-hybridized carbons (Fsp3) is 0.605. The van der Waals surface area contributed by atoms with Crippen molar-refractivity contribution in [2.24, 2.45) is 21.6 Å². The van der Waals surface area contributed by atoms with Gasteiger partial charge < -0.3 is 14.9 Å². The highest BCUT2D eigenvalue weighted by atomic mass is 16.5. The monoisotopic (exact) mass is 631 g/mol. The third-order valence-corrected chi connectivity index (χ3v) is 9.48. The van der Waals surface area contributed by atoms with Crippen LogP contribution in [0.4, 0.5) is 11.4 Å². The zero-order chi connectivity index (χ0) is 32.9. The minimum atomic E-state index is -0.703. The van der Waals surface area contributed by atoms with Gasteiger partial charge in [-0.1, -0.05) is 83.5 Å². The average Bonchev–Trinajstić information content (AvgIpc) is 3.48. The van der Waals surface area contributed by atoms with Gasteiger partial charge in [-0.3, -0.25) is 9.59 Å². The summed E-state index contributed by atoms with van der Waals surface area (Å²) in [7, 11) is 0. The molecule has 0 saturated heterocycles. The molecule has 1 aliphatic rings. The molecule has 2 aromatic carbocycles. The van der Waals surface area contributed by atoms with Crippen LogP contribution in [0.25, 0.3) is 0 Å². The summed E-state index contributed by atoms with van der Waals surface area (Å²) in [6, 6.07) is 16.6. The molecule has 2 atom stereocenters. The van der Waals surface area contributed by atoms with Gasteiger partial charge in [0.15, 0.2) is 0 Å². The Morgan fingerprint density at radius 3 is 1.89 bits per heavy atom. The lowest BCUT2D eigenvalue weighted by Crippen LogP contribution is -2.35. The van der Waals surface area contributed by atoms with Crippen LogP contribution in [0.2, 0.25) is 0 Å². The number of rotatable bonds is 24. The molecular weight excluding hydrogens is 578 g/mol. The Bertz CT molecular complexity index is 1240. The number of benzene rings is 2. The number of nitriles is 1. The molecule has 8 nitrogen and oxygen atoms in total. The van der Waals surface area contributed by atoms with Gasteiger partial charge in [0.25, 0.3) is 0 Å². The highest BCUT2D eigenvalue weighted by molar-refractivity contribution is 5.75. The molecule has 250 valence electrons. The van der Waals surface area contributed by atoms with E-state index in [1.165, 1.54) is 25.7 Å². The molecule has 8 heteroatoms. The molecule has 2 unspecified atom stereocenters. The van der Waals surface area contributed by atoms with Crippen molar-refractivity contribution in [3.05, 3.63) is 54.1 Å². The zero-order valence-corrected chi connectivity index (χ0v) is 27.5. The van der Waals surface area contributed by atoms with E-state index in [1.807, 2.05) is 24.3 Å². The number of ether oxygens (including phenoxy) is 1. The first-order valence-corrected chi connectivity index (χ1v) is 17.5. The van der Waals surface area contributed by atoms with E-state index in [0.717, 1.165) is 108 Å². The van der Waals surface area contributed by atoms with E-state index < -0.39 is 17.4 Å². The van der Waals surface area contributed by atoms with Crippen molar-refractivity contribution in [3.63, 3.8) is 0 Å². The molecule has 0 amide bonds. The molecule has 0 spiro atoms. The second-order valence-electron chi connectivity index (χ2n) is 12.9. The van der Waals surface area contributed by atoms with Crippen molar-refractivity contribution in [1.29, 1.82) is 5.26 Å². The number of carbonyl (C=O) groups is 2. The minimum absolute atomic E-state index is 0.277. The molecular formula is C38H53N3O5. The largest absolute Gasteiger partial charge is 0.494 e. The van der Waals surface area contributed by atoms with Crippen LogP contribution in [0.15, 0.2) is 58.8 Å². The van der Waals surface area contributed by atoms with Gasteiger partial charge in [0.1, 0.15) is 5.75 Å². The summed E-state index contributed by atoms with van der Waals surface area (Å²) in [5.74, 6) is -0.147. The van der Waals surface area contributed by atoms with E-state index in [0.29, 0.717) is 23.8 Å². The Hall–Kier alpha value is -3.73. The molecule has 3 rings (SSSR count). The Morgan fingerprint density at radius 1 is 0.761 bits per heavy atom. The maximum atomic E-state index is 12.5. The van der Waals surface area contributed by atoms with Crippen molar-refractivity contribution in [1.82, 2.24) is 0 Å². The number of nitrogens with zero attached hydrogens (tertiary/aromatic N) is 3. The second kappa shape index (κ2) is 21.1. The van der Waals surface area contributed by atoms with E-state index in [-0.39, 0.29) is 6.42 Å². The summed E-state index contributed by atoms with van der Waals surface area (Å²) >= 11 is 0. The molecule has 1 saturated carbocycles. The number of hydrogen-bond donors (Lipinski definition) is 2. The molecule has 0 aliphatic heterocycles. The summed E-state index contributed by atoms with van der Waals surface area (Å²) in [4.78, 5) is 23.0. The Balaban J connectivity index is 1.22. The van der Waals surface area contributed by atoms with Crippen LogP contribution >= 0.6 is 0 Å². The molecule has 2 aromatic rings. The Morgan fingerprint density at radius 2 is 1.30 bits per heavy atom. The smallest absolute Gasteiger partial charge is 0.309 e. The average molecular weight is 632 g/mol. The first-order chi connectivity index (χ1) is 22.4. The highest BCUT2D eigenvalue weighted by Crippen LogP contribution is 2.49. The lowest BCUT2D eigenvalue weighted by Gasteiger charge is -2.31. The number of carboxylic acid groups (broad SMARTS) is 2. The topological polar surface area (TPSA) is 132 Å². The van der Waals surface area contributed by atoms with Crippen LogP contribution in [0.1, 0.15) is 134 Å². The molecule has 0 heterocycles. The minimum Gasteiger partial charge on any atom is -0.494 e.